The Morgan fingerprint density at radius 1 is 1.34 bits per heavy atom. The number of rotatable bonds is 5. The van der Waals surface area contributed by atoms with Crippen molar-refractivity contribution in [3.63, 3.8) is 0 Å². The number of hydrogen-bond acceptors (Lipinski definition) is 6. The van der Waals surface area contributed by atoms with Crippen molar-refractivity contribution < 1.29 is 4.79 Å². The van der Waals surface area contributed by atoms with Crippen molar-refractivity contribution >= 4 is 23.4 Å². The van der Waals surface area contributed by atoms with Crippen LogP contribution in [0.1, 0.15) is 51.2 Å². The summed E-state index contributed by atoms with van der Waals surface area (Å²) in [5.74, 6) is 0.743. The molecule has 7 nitrogen and oxygen atoms in total. The van der Waals surface area contributed by atoms with Crippen molar-refractivity contribution in [2.75, 3.05) is 5.75 Å². The molecule has 1 N–H and O–H groups in total. The van der Waals surface area contributed by atoms with E-state index < -0.39 is 0 Å². The third kappa shape index (κ3) is 3.27. The highest BCUT2D eigenvalue weighted by Crippen LogP contribution is 2.63. The van der Waals surface area contributed by atoms with Crippen LogP contribution in [-0.4, -0.2) is 37.6 Å². The van der Waals surface area contributed by atoms with Crippen LogP contribution in [0.3, 0.4) is 0 Å². The van der Waals surface area contributed by atoms with E-state index in [2.05, 4.69) is 59.8 Å². The highest BCUT2D eigenvalue weighted by atomic mass is 32.2. The van der Waals surface area contributed by atoms with Gasteiger partial charge in [-0.1, -0.05) is 44.7 Å². The molecule has 1 amide bonds. The van der Waals surface area contributed by atoms with Crippen molar-refractivity contribution in [3.8, 4) is 5.69 Å². The molecular formula is C21H28N6OS. The molecule has 4 rings (SSSR count). The van der Waals surface area contributed by atoms with E-state index in [9.17, 15) is 4.79 Å². The minimum atomic E-state index is -0.137. The first-order valence-corrected chi connectivity index (χ1v) is 11.1. The van der Waals surface area contributed by atoms with E-state index >= 15 is 0 Å². The molecular weight excluding hydrogens is 384 g/mol. The summed E-state index contributed by atoms with van der Waals surface area (Å²) in [6, 6.07) is 6.01. The number of thioether (sulfide) groups is 1. The topological polar surface area (TPSA) is 85.1 Å². The summed E-state index contributed by atoms with van der Waals surface area (Å²) in [6.45, 7) is 11.1. The molecule has 2 fully saturated rings. The Morgan fingerprint density at radius 3 is 2.83 bits per heavy atom. The van der Waals surface area contributed by atoms with Crippen LogP contribution in [-0.2, 0) is 4.79 Å². The second-order valence-electron chi connectivity index (χ2n) is 8.97. The van der Waals surface area contributed by atoms with Gasteiger partial charge in [-0.15, -0.1) is 5.10 Å². The van der Waals surface area contributed by atoms with Gasteiger partial charge in [-0.25, -0.2) is 5.43 Å². The van der Waals surface area contributed by atoms with Crippen molar-refractivity contribution in [3.05, 3.63) is 29.3 Å². The first-order chi connectivity index (χ1) is 13.7. The molecule has 2 aromatic rings. The molecule has 0 spiro atoms. The maximum Gasteiger partial charge on any atom is 0.250 e. The van der Waals surface area contributed by atoms with Crippen LogP contribution in [0.2, 0.25) is 0 Å². The minimum absolute atomic E-state index is 0.0882. The quantitative estimate of drug-likeness (QED) is 0.598. The Hall–Kier alpha value is -2.22. The molecule has 2 unspecified atom stereocenters. The third-order valence-electron chi connectivity index (χ3n) is 7.41. The van der Waals surface area contributed by atoms with E-state index in [4.69, 9.17) is 0 Å². The Bertz CT molecular complexity index is 981. The number of aryl methyl sites for hydroxylation is 1. The highest BCUT2D eigenvalue weighted by Gasteiger charge is 2.60. The first-order valence-electron chi connectivity index (χ1n) is 10.1. The van der Waals surface area contributed by atoms with Crippen LogP contribution in [0, 0.1) is 30.6 Å². The Balaban J connectivity index is 1.41. The number of fused-ring (bicyclic) bond motifs is 2. The average molecular weight is 413 g/mol. The highest BCUT2D eigenvalue weighted by molar-refractivity contribution is 7.99. The largest absolute Gasteiger partial charge is 0.272 e. The lowest BCUT2D eigenvalue weighted by atomic mass is 9.70. The molecule has 0 radical (unpaired) electrons. The van der Waals surface area contributed by atoms with Crippen LogP contribution in [0.4, 0.5) is 0 Å². The van der Waals surface area contributed by atoms with Gasteiger partial charge in [0.05, 0.1) is 11.4 Å². The van der Waals surface area contributed by atoms with E-state index in [1.165, 1.54) is 23.7 Å². The van der Waals surface area contributed by atoms with Crippen LogP contribution < -0.4 is 5.43 Å². The number of carbonyl (C=O) groups is 1. The van der Waals surface area contributed by atoms with Gasteiger partial charge < -0.3 is 0 Å². The zero-order valence-electron chi connectivity index (χ0n) is 17.7. The predicted octanol–water partition coefficient (Wildman–Crippen LogP) is 3.69. The lowest BCUT2D eigenvalue weighted by Crippen LogP contribution is -2.34. The van der Waals surface area contributed by atoms with Crippen molar-refractivity contribution in [2.24, 2.45) is 21.8 Å². The number of aromatic nitrogens is 4. The molecule has 2 saturated carbocycles. The van der Waals surface area contributed by atoms with Gasteiger partial charge in [-0.05, 0) is 72.1 Å². The third-order valence-corrected chi connectivity index (χ3v) is 8.32. The van der Waals surface area contributed by atoms with Crippen LogP contribution in [0.5, 0.6) is 0 Å². The van der Waals surface area contributed by atoms with Gasteiger partial charge in [0.1, 0.15) is 0 Å². The van der Waals surface area contributed by atoms with Gasteiger partial charge in [0.2, 0.25) is 5.16 Å². The molecule has 1 aromatic carbocycles. The van der Waals surface area contributed by atoms with E-state index in [1.807, 2.05) is 19.1 Å². The van der Waals surface area contributed by atoms with E-state index in [0.717, 1.165) is 29.8 Å². The molecule has 2 bridgehead atoms. The Kier molecular flexibility index (Phi) is 5.01. The fraction of sp³-hybridized carbons (Fsp3) is 0.571. The molecule has 0 aliphatic heterocycles. The lowest BCUT2D eigenvalue weighted by molar-refractivity contribution is -0.118. The normalized spacial score (nSPS) is 26.2. The minimum Gasteiger partial charge on any atom is -0.272 e. The predicted molar refractivity (Wildman–Crippen MR) is 114 cm³/mol. The van der Waals surface area contributed by atoms with Crippen LogP contribution >= 0.6 is 11.8 Å². The number of benzene rings is 1. The van der Waals surface area contributed by atoms with Gasteiger partial charge in [0, 0.05) is 11.1 Å². The standard InChI is InChI=1S/C21H28N6OS/c1-13-7-6-8-16(14(13)2)27-19(24-25-26-27)29-12-18(28)23-22-17-11-15-9-10-21(17,5)20(15,3)4/h6-8,15H,9-12H2,1-5H3,(H,23,28)/b22-17+. The number of amides is 1. The molecule has 8 heteroatoms. The maximum absolute atomic E-state index is 12.4. The fourth-order valence-electron chi connectivity index (χ4n) is 4.77. The molecule has 2 aliphatic carbocycles. The molecule has 2 aliphatic rings. The molecule has 2 atom stereocenters. The van der Waals surface area contributed by atoms with Crippen molar-refractivity contribution in [1.82, 2.24) is 25.6 Å². The number of tetrazole rings is 1. The summed E-state index contributed by atoms with van der Waals surface area (Å²) in [4.78, 5) is 12.4. The average Bonchev–Trinajstić information content (AvgIpc) is 3.29. The second-order valence-corrected chi connectivity index (χ2v) is 9.91. The fourth-order valence-corrected chi connectivity index (χ4v) is 5.45. The zero-order chi connectivity index (χ0) is 20.8. The summed E-state index contributed by atoms with van der Waals surface area (Å²) in [7, 11) is 0. The van der Waals surface area contributed by atoms with Gasteiger partial charge in [-0.2, -0.15) is 9.78 Å². The molecule has 0 saturated heterocycles. The first kappa shape index (κ1) is 20.1. The number of hydrazone groups is 1. The van der Waals surface area contributed by atoms with Gasteiger partial charge in [-0.3, -0.25) is 4.79 Å². The summed E-state index contributed by atoms with van der Waals surface area (Å²) in [6.07, 6.45) is 3.40. The Morgan fingerprint density at radius 2 is 2.14 bits per heavy atom. The van der Waals surface area contributed by atoms with Gasteiger partial charge in [0.25, 0.3) is 5.91 Å². The Labute approximate surface area is 175 Å². The molecule has 1 heterocycles. The van der Waals surface area contributed by atoms with Crippen LogP contribution in [0.25, 0.3) is 5.69 Å². The molecule has 29 heavy (non-hydrogen) atoms. The number of carbonyl (C=O) groups excluding carboxylic acids is 1. The molecule has 1 aromatic heterocycles. The lowest BCUT2D eigenvalue weighted by Gasteiger charge is -2.34. The van der Waals surface area contributed by atoms with E-state index in [0.29, 0.717) is 11.1 Å². The summed E-state index contributed by atoms with van der Waals surface area (Å²) in [5, 5.41) is 17.1. The van der Waals surface area contributed by atoms with Gasteiger partial charge >= 0.3 is 0 Å². The smallest absolute Gasteiger partial charge is 0.250 e. The maximum atomic E-state index is 12.4. The van der Waals surface area contributed by atoms with E-state index in [-0.39, 0.29) is 22.5 Å². The van der Waals surface area contributed by atoms with Gasteiger partial charge in [0.15, 0.2) is 0 Å². The summed E-state index contributed by atoms with van der Waals surface area (Å²) >= 11 is 1.31. The zero-order valence-corrected chi connectivity index (χ0v) is 18.5. The number of nitrogens with zero attached hydrogens (tertiary/aromatic N) is 5. The van der Waals surface area contributed by atoms with Crippen molar-refractivity contribution in [1.29, 1.82) is 0 Å². The SMILES string of the molecule is Cc1cccc(-n2nnnc2SCC(=O)N/N=C2\CC3CCC2(C)C3(C)C)c1C. The molecule has 154 valence electrons. The van der Waals surface area contributed by atoms with Crippen LogP contribution in [0.15, 0.2) is 28.5 Å². The summed E-state index contributed by atoms with van der Waals surface area (Å²) in [5.41, 5.74) is 7.45. The number of nitrogens with one attached hydrogen (secondary N) is 1. The number of hydrogen-bond donors (Lipinski definition) is 1. The second kappa shape index (κ2) is 7.23. The van der Waals surface area contributed by atoms with Crippen molar-refractivity contribution in [2.45, 2.75) is 59.0 Å². The summed E-state index contributed by atoms with van der Waals surface area (Å²) < 4.78 is 1.69. The van der Waals surface area contributed by atoms with E-state index in [1.54, 1.807) is 4.68 Å². The monoisotopic (exact) mass is 412 g/mol.